The van der Waals surface area contributed by atoms with Crippen LogP contribution in [-0.2, 0) is 11.3 Å². The Bertz CT molecular complexity index is 670. The summed E-state index contributed by atoms with van der Waals surface area (Å²) in [6.45, 7) is 3.50. The van der Waals surface area contributed by atoms with Crippen LogP contribution in [0.15, 0.2) is 48.8 Å². The molecule has 1 fully saturated rings. The Labute approximate surface area is 142 Å². The van der Waals surface area contributed by atoms with Crippen molar-refractivity contribution in [1.82, 2.24) is 9.88 Å². The van der Waals surface area contributed by atoms with E-state index in [1.54, 1.807) is 19.5 Å². The number of hydrogen-bond donors (Lipinski definition) is 1. The van der Waals surface area contributed by atoms with Crippen LogP contribution < -0.4 is 10.2 Å². The number of hydrogen-bond acceptors (Lipinski definition) is 4. The van der Waals surface area contributed by atoms with Gasteiger partial charge in [-0.25, -0.2) is 4.79 Å². The highest BCUT2D eigenvalue weighted by Gasteiger charge is 2.21. The van der Waals surface area contributed by atoms with Crippen LogP contribution in [-0.4, -0.2) is 49.2 Å². The number of para-hydroxylation sites is 1. The summed E-state index contributed by atoms with van der Waals surface area (Å²) in [6.07, 6.45) is 3.59. The summed E-state index contributed by atoms with van der Waals surface area (Å²) >= 11 is 0. The van der Waals surface area contributed by atoms with Crippen molar-refractivity contribution in [3.05, 3.63) is 54.4 Å². The molecule has 2 heterocycles. The van der Waals surface area contributed by atoms with Crippen molar-refractivity contribution in [2.45, 2.75) is 6.61 Å². The van der Waals surface area contributed by atoms with Gasteiger partial charge in [0.2, 0.25) is 0 Å². The van der Waals surface area contributed by atoms with E-state index in [9.17, 15) is 4.79 Å². The van der Waals surface area contributed by atoms with E-state index in [4.69, 9.17) is 4.74 Å². The van der Waals surface area contributed by atoms with Crippen LogP contribution in [0.1, 0.15) is 5.56 Å². The zero-order valence-corrected chi connectivity index (χ0v) is 13.8. The molecule has 2 amide bonds. The number of pyridine rings is 1. The van der Waals surface area contributed by atoms with Crippen molar-refractivity contribution in [2.24, 2.45) is 0 Å². The normalized spacial score (nSPS) is 14.5. The molecule has 0 spiro atoms. The van der Waals surface area contributed by atoms with E-state index >= 15 is 0 Å². The highest BCUT2D eigenvalue weighted by molar-refractivity contribution is 5.90. The Morgan fingerprint density at radius 2 is 1.83 bits per heavy atom. The molecule has 0 bridgehead atoms. The summed E-state index contributed by atoms with van der Waals surface area (Å²) in [5, 5.41) is 3.00. The molecule has 1 aliphatic heterocycles. The molecule has 6 nitrogen and oxygen atoms in total. The molecule has 24 heavy (non-hydrogen) atoms. The number of anilines is 2. The summed E-state index contributed by atoms with van der Waals surface area (Å²) in [4.78, 5) is 20.7. The topological polar surface area (TPSA) is 57.7 Å². The average molecular weight is 326 g/mol. The minimum absolute atomic E-state index is 0.0621. The first-order valence-electron chi connectivity index (χ1n) is 8.05. The van der Waals surface area contributed by atoms with Gasteiger partial charge in [-0.15, -0.1) is 0 Å². The number of nitrogens with one attached hydrogen (secondary N) is 1. The van der Waals surface area contributed by atoms with Gasteiger partial charge in [0.15, 0.2) is 0 Å². The summed E-state index contributed by atoms with van der Waals surface area (Å²) < 4.78 is 5.18. The van der Waals surface area contributed by atoms with Crippen molar-refractivity contribution in [3.63, 3.8) is 0 Å². The van der Waals surface area contributed by atoms with Gasteiger partial charge >= 0.3 is 6.03 Å². The van der Waals surface area contributed by atoms with Crippen LogP contribution in [0.25, 0.3) is 0 Å². The van der Waals surface area contributed by atoms with Crippen LogP contribution in [0.3, 0.4) is 0 Å². The molecule has 3 rings (SSSR count). The number of ether oxygens (including phenoxy) is 1. The van der Waals surface area contributed by atoms with Crippen molar-refractivity contribution in [3.8, 4) is 0 Å². The van der Waals surface area contributed by atoms with Gasteiger partial charge < -0.3 is 19.9 Å². The lowest BCUT2D eigenvalue weighted by molar-refractivity contribution is 0.185. The molecular weight excluding hydrogens is 304 g/mol. The van der Waals surface area contributed by atoms with E-state index in [1.807, 2.05) is 41.3 Å². The van der Waals surface area contributed by atoms with Gasteiger partial charge in [-0.2, -0.15) is 0 Å². The Morgan fingerprint density at radius 1 is 1.12 bits per heavy atom. The first kappa shape index (κ1) is 16.3. The molecule has 1 saturated heterocycles. The molecule has 1 aromatic carbocycles. The first-order chi connectivity index (χ1) is 11.8. The minimum atomic E-state index is -0.0621. The lowest BCUT2D eigenvalue weighted by Crippen LogP contribution is -2.50. The fraction of sp³-hybridized carbons (Fsp3) is 0.333. The Kier molecular flexibility index (Phi) is 5.28. The Hall–Kier alpha value is -2.60. The van der Waals surface area contributed by atoms with Crippen LogP contribution in [0.4, 0.5) is 16.2 Å². The second kappa shape index (κ2) is 7.79. The fourth-order valence-electron chi connectivity index (χ4n) is 2.84. The lowest BCUT2D eigenvalue weighted by atomic mass is 10.2. The number of carbonyl (C=O) groups excluding carboxylic acids is 1. The summed E-state index contributed by atoms with van der Waals surface area (Å²) in [5.74, 6) is 0. The largest absolute Gasteiger partial charge is 0.380 e. The molecule has 0 saturated carbocycles. The fourth-order valence-corrected chi connectivity index (χ4v) is 2.84. The van der Waals surface area contributed by atoms with Crippen molar-refractivity contribution < 1.29 is 9.53 Å². The zero-order valence-electron chi connectivity index (χ0n) is 13.8. The highest BCUT2D eigenvalue weighted by atomic mass is 16.5. The zero-order chi connectivity index (χ0) is 16.8. The first-order valence-corrected chi connectivity index (χ1v) is 8.05. The van der Waals surface area contributed by atoms with Gasteiger partial charge in [-0.3, -0.25) is 4.98 Å². The molecule has 126 valence electrons. The van der Waals surface area contributed by atoms with Gasteiger partial charge in [0.1, 0.15) is 0 Å². The van der Waals surface area contributed by atoms with E-state index in [-0.39, 0.29) is 6.03 Å². The van der Waals surface area contributed by atoms with Gasteiger partial charge in [0, 0.05) is 62.6 Å². The molecule has 0 atom stereocenters. The van der Waals surface area contributed by atoms with E-state index in [1.165, 1.54) is 0 Å². The molecule has 1 N–H and O–H groups in total. The number of amides is 2. The molecule has 6 heteroatoms. The summed E-state index contributed by atoms with van der Waals surface area (Å²) in [6, 6.07) is 11.6. The van der Waals surface area contributed by atoms with Crippen LogP contribution in [0.2, 0.25) is 0 Å². The van der Waals surface area contributed by atoms with Crippen molar-refractivity contribution in [2.75, 3.05) is 43.5 Å². The number of nitrogens with zero attached hydrogens (tertiary/aromatic N) is 3. The maximum Gasteiger partial charge on any atom is 0.321 e. The van der Waals surface area contributed by atoms with Crippen molar-refractivity contribution >= 4 is 17.4 Å². The number of benzene rings is 1. The lowest BCUT2D eigenvalue weighted by Gasteiger charge is -2.36. The Morgan fingerprint density at radius 3 is 2.54 bits per heavy atom. The van der Waals surface area contributed by atoms with Gasteiger partial charge in [0.25, 0.3) is 0 Å². The van der Waals surface area contributed by atoms with E-state index in [0.29, 0.717) is 19.7 Å². The van der Waals surface area contributed by atoms with Crippen molar-refractivity contribution in [1.29, 1.82) is 0 Å². The van der Waals surface area contributed by atoms with Crippen LogP contribution in [0.5, 0.6) is 0 Å². The predicted octanol–water partition coefficient (Wildman–Crippen LogP) is 2.58. The smallest absolute Gasteiger partial charge is 0.321 e. The summed E-state index contributed by atoms with van der Waals surface area (Å²) in [7, 11) is 1.65. The number of carbonyl (C=O) groups is 1. The number of urea groups is 1. The maximum absolute atomic E-state index is 12.5. The third-order valence-electron chi connectivity index (χ3n) is 4.15. The van der Waals surface area contributed by atoms with E-state index in [2.05, 4.69) is 15.2 Å². The predicted molar refractivity (Wildman–Crippen MR) is 94.2 cm³/mol. The third kappa shape index (κ3) is 3.83. The standard InChI is InChI=1S/C18H22N4O2/c1-24-14-15-4-2-3-5-17(15)20-18(23)22-12-10-21(11-13-22)16-6-8-19-9-7-16/h2-9H,10-14H2,1H3,(H,20,23). The summed E-state index contributed by atoms with van der Waals surface area (Å²) in [5.41, 5.74) is 2.93. The van der Waals surface area contributed by atoms with E-state index < -0.39 is 0 Å². The highest BCUT2D eigenvalue weighted by Crippen LogP contribution is 2.18. The molecular formula is C18H22N4O2. The van der Waals surface area contributed by atoms with E-state index in [0.717, 1.165) is 30.0 Å². The number of aromatic nitrogens is 1. The number of methoxy groups -OCH3 is 1. The maximum atomic E-state index is 12.5. The average Bonchev–Trinajstić information content (AvgIpc) is 2.64. The minimum Gasteiger partial charge on any atom is -0.380 e. The molecule has 0 aliphatic carbocycles. The Balaban J connectivity index is 1.58. The quantitative estimate of drug-likeness (QED) is 0.938. The van der Waals surface area contributed by atoms with Crippen LogP contribution in [0, 0.1) is 0 Å². The van der Waals surface area contributed by atoms with Gasteiger partial charge in [-0.05, 0) is 18.2 Å². The third-order valence-corrected chi connectivity index (χ3v) is 4.15. The molecule has 0 unspecified atom stereocenters. The van der Waals surface area contributed by atoms with Gasteiger partial charge in [-0.1, -0.05) is 18.2 Å². The van der Waals surface area contributed by atoms with Crippen LogP contribution >= 0.6 is 0 Å². The number of piperazine rings is 1. The molecule has 2 aromatic rings. The SMILES string of the molecule is COCc1ccccc1NC(=O)N1CCN(c2ccncc2)CC1. The molecule has 1 aromatic heterocycles. The van der Waals surface area contributed by atoms with Gasteiger partial charge in [0.05, 0.1) is 6.61 Å². The second-order valence-electron chi connectivity index (χ2n) is 5.70. The number of rotatable bonds is 4. The molecule has 0 radical (unpaired) electrons. The second-order valence-corrected chi connectivity index (χ2v) is 5.70. The monoisotopic (exact) mass is 326 g/mol. The molecule has 1 aliphatic rings.